The summed E-state index contributed by atoms with van der Waals surface area (Å²) in [5.41, 5.74) is 4.81. The predicted octanol–water partition coefficient (Wildman–Crippen LogP) is 5.57. The Morgan fingerprint density at radius 2 is 1.87 bits per heavy atom. The van der Waals surface area contributed by atoms with Gasteiger partial charge < -0.3 is 24.6 Å². The summed E-state index contributed by atoms with van der Waals surface area (Å²) < 4.78 is 17.4. The van der Waals surface area contributed by atoms with Gasteiger partial charge in [0.2, 0.25) is 0 Å². The molecule has 7 heteroatoms. The van der Waals surface area contributed by atoms with Gasteiger partial charge in [0.25, 0.3) is 0 Å². The van der Waals surface area contributed by atoms with Crippen molar-refractivity contribution in [3.05, 3.63) is 82.0 Å². The van der Waals surface area contributed by atoms with Crippen molar-refractivity contribution in [2.24, 2.45) is 5.92 Å². The minimum atomic E-state index is -0.667. The van der Waals surface area contributed by atoms with E-state index in [2.05, 4.69) is 43.4 Å². The molecule has 0 saturated heterocycles. The quantitative estimate of drug-likeness (QED) is 0.386. The van der Waals surface area contributed by atoms with Crippen LogP contribution in [0.2, 0.25) is 0 Å². The minimum absolute atomic E-state index is 0.190. The summed E-state index contributed by atoms with van der Waals surface area (Å²) in [4.78, 5) is 19.2. The predicted molar refractivity (Wildman–Crippen MR) is 151 cm³/mol. The number of fused-ring (bicyclic) bond motifs is 2. The maximum Gasteiger partial charge on any atom is 0.311 e. The van der Waals surface area contributed by atoms with Gasteiger partial charge in [-0.3, -0.25) is 4.79 Å². The SMILES string of the molecule is COc1ccc([C@@H]2c3nc(NC(C)C)ccc3[C@H](c3ccc4c(c3)OCC4)[C@H]2C(=O)OC(C)(C)C)c(CO)c1. The molecule has 2 aromatic carbocycles. The highest BCUT2D eigenvalue weighted by Gasteiger charge is 2.50. The number of nitrogens with one attached hydrogen (secondary N) is 1. The number of aromatic nitrogens is 1. The maximum absolute atomic E-state index is 14.1. The molecule has 39 heavy (non-hydrogen) atoms. The molecule has 0 saturated carbocycles. The summed E-state index contributed by atoms with van der Waals surface area (Å²) in [5, 5.41) is 13.8. The number of benzene rings is 2. The molecule has 1 aromatic heterocycles. The van der Waals surface area contributed by atoms with Crippen LogP contribution >= 0.6 is 0 Å². The highest BCUT2D eigenvalue weighted by molar-refractivity contribution is 5.80. The van der Waals surface area contributed by atoms with Gasteiger partial charge >= 0.3 is 5.97 Å². The monoisotopic (exact) mass is 530 g/mol. The summed E-state index contributed by atoms with van der Waals surface area (Å²) >= 11 is 0. The number of nitrogens with zero attached hydrogens (tertiary/aromatic N) is 1. The largest absolute Gasteiger partial charge is 0.497 e. The number of carbonyl (C=O) groups excluding carboxylic acids is 1. The van der Waals surface area contributed by atoms with Crippen LogP contribution in [-0.4, -0.2) is 41.4 Å². The van der Waals surface area contributed by atoms with Crippen LogP contribution in [-0.2, 0) is 22.6 Å². The Morgan fingerprint density at radius 1 is 1.10 bits per heavy atom. The van der Waals surface area contributed by atoms with E-state index in [1.807, 2.05) is 45.0 Å². The van der Waals surface area contributed by atoms with Crippen LogP contribution < -0.4 is 14.8 Å². The first-order valence-electron chi connectivity index (χ1n) is 13.6. The van der Waals surface area contributed by atoms with Crippen LogP contribution in [0.1, 0.15) is 80.0 Å². The summed E-state index contributed by atoms with van der Waals surface area (Å²) in [5.74, 6) is 0.625. The third-order valence-corrected chi connectivity index (χ3v) is 7.36. The Kier molecular flexibility index (Phi) is 7.29. The second-order valence-electron chi connectivity index (χ2n) is 11.7. The van der Waals surface area contributed by atoms with Gasteiger partial charge in [-0.25, -0.2) is 4.98 Å². The number of aliphatic hydroxyl groups is 1. The fraction of sp³-hybridized carbons (Fsp3) is 0.438. The number of hydrogen-bond donors (Lipinski definition) is 2. The molecular formula is C32H38N2O5. The fourth-order valence-corrected chi connectivity index (χ4v) is 5.83. The number of aliphatic hydroxyl groups excluding tert-OH is 1. The minimum Gasteiger partial charge on any atom is -0.497 e. The maximum atomic E-state index is 14.1. The Bertz CT molecular complexity index is 1380. The molecule has 3 atom stereocenters. The molecule has 0 spiro atoms. The van der Waals surface area contributed by atoms with Gasteiger partial charge in [-0.05, 0) is 86.7 Å². The molecule has 0 fully saturated rings. The van der Waals surface area contributed by atoms with E-state index in [1.54, 1.807) is 7.11 Å². The molecule has 5 rings (SSSR count). The average molecular weight is 531 g/mol. The topological polar surface area (TPSA) is 89.9 Å². The summed E-state index contributed by atoms with van der Waals surface area (Å²) in [6.45, 7) is 10.3. The zero-order valence-corrected chi connectivity index (χ0v) is 23.6. The zero-order valence-electron chi connectivity index (χ0n) is 23.6. The van der Waals surface area contributed by atoms with Gasteiger partial charge in [0, 0.05) is 24.3 Å². The van der Waals surface area contributed by atoms with Crippen LogP contribution in [0.4, 0.5) is 5.82 Å². The standard InChI is InChI=1S/C32H38N2O5/c1-18(2)33-26-12-11-24-27(20-8-7-19-13-14-38-25(19)16-20)29(31(36)39-32(3,4)5)28(30(24)34-26)23-10-9-22(37-6)15-21(23)17-35/h7-12,15-16,18,27-29,35H,13-14,17H2,1-6H3,(H,33,34)/t27-,28-,29+/m0/s1. The van der Waals surface area contributed by atoms with Gasteiger partial charge in [-0.15, -0.1) is 0 Å². The Hall–Kier alpha value is -3.58. The van der Waals surface area contributed by atoms with Crippen LogP contribution in [0.5, 0.6) is 11.5 Å². The van der Waals surface area contributed by atoms with Crippen molar-refractivity contribution in [2.75, 3.05) is 19.0 Å². The molecule has 1 aliphatic heterocycles. The molecule has 206 valence electrons. The van der Waals surface area contributed by atoms with Gasteiger partial charge in [0.05, 0.1) is 31.9 Å². The molecule has 0 unspecified atom stereocenters. The van der Waals surface area contributed by atoms with Crippen LogP contribution in [0.15, 0.2) is 48.5 Å². The van der Waals surface area contributed by atoms with Crippen molar-refractivity contribution < 1.29 is 24.1 Å². The average Bonchev–Trinajstić information content (AvgIpc) is 3.48. The lowest BCUT2D eigenvalue weighted by Gasteiger charge is -2.29. The van der Waals surface area contributed by atoms with Crippen LogP contribution in [0.3, 0.4) is 0 Å². The fourth-order valence-electron chi connectivity index (χ4n) is 5.83. The van der Waals surface area contributed by atoms with E-state index in [0.29, 0.717) is 17.9 Å². The first-order chi connectivity index (χ1) is 18.6. The Morgan fingerprint density at radius 3 is 2.56 bits per heavy atom. The lowest BCUT2D eigenvalue weighted by molar-refractivity contribution is -0.160. The van der Waals surface area contributed by atoms with E-state index < -0.39 is 17.4 Å². The van der Waals surface area contributed by atoms with E-state index in [0.717, 1.165) is 40.4 Å². The van der Waals surface area contributed by atoms with Crippen molar-refractivity contribution in [3.63, 3.8) is 0 Å². The van der Waals surface area contributed by atoms with Gasteiger partial charge in [-0.1, -0.05) is 24.3 Å². The second kappa shape index (κ2) is 10.5. The number of rotatable bonds is 7. The van der Waals surface area contributed by atoms with Crippen molar-refractivity contribution in [1.29, 1.82) is 0 Å². The van der Waals surface area contributed by atoms with Crippen molar-refractivity contribution in [1.82, 2.24) is 4.98 Å². The normalized spacial score (nSPS) is 19.8. The summed E-state index contributed by atoms with van der Waals surface area (Å²) in [7, 11) is 1.60. The lowest BCUT2D eigenvalue weighted by Crippen LogP contribution is -2.33. The van der Waals surface area contributed by atoms with Gasteiger partial charge in [-0.2, -0.15) is 0 Å². The molecule has 0 radical (unpaired) electrons. The second-order valence-corrected chi connectivity index (χ2v) is 11.7. The third-order valence-electron chi connectivity index (χ3n) is 7.36. The van der Waals surface area contributed by atoms with E-state index >= 15 is 0 Å². The van der Waals surface area contributed by atoms with Gasteiger partial charge in [0.15, 0.2) is 0 Å². The molecule has 0 amide bonds. The molecule has 2 aliphatic rings. The van der Waals surface area contributed by atoms with Crippen molar-refractivity contribution in [3.8, 4) is 11.5 Å². The number of anilines is 1. The molecule has 0 bridgehead atoms. The number of pyridine rings is 1. The first kappa shape index (κ1) is 27.0. The first-order valence-corrected chi connectivity index (χ1v) is 13.6. The molecule has 1 aliphatic carbocycles. The molecule has 7 nitrogen and oxygen atoms in total. The van der Waals surface area contributed by atoms with Gasteiger partial charge in [0.1, 0.15) is 22.9 Å². The Labute approximate surface area is 230 Å². The Balaban J connectivity index is 1.74. The van der Waals surface area contributed by atoms with Crippen molar-refractivity contribution >= 4 is 11.8 Å². The number of hydrogen-bond acceptors (Lipinski definition) is 7. The highest BCUT2D eigenvalue weighted by Crippen LogP contribution is 2.54. The van der Waals surface area contributed by atoms with Crippen LogP contribution in [0, 0.1) is 5.92 Å². The lowest BCUT2D eigenvalue weighted by atomic mass is 9.78. The molecule has 2 N–H and O–H groups in total. The van der Waals surface area contributed by atoms with E-state index in [4.69, 9.17) is 19.2 Å². The summed E-state index contributed by atoms with van der Waals surface area (Å²) in [6.07, 6.45) is 0.881. The smallest absolute Gasteiger partial charge is 0.311 e. The summed E-state index contributed by atoms with van der Waals surface area (Å²) in [6, 6.07) is 16.1. The zero-order chi connectivity index (χ0) is 27.9. The number of carbonyl (C=O) groups is 1. The molecular weight excluding hydrogens is 492 g/mol. The third kappa shape index (κ3) is 5.33. The molecule has 2 heterocycles. The highest BCUT2D eigenvalue weighted by atomic mass is 16.6. The van der Waals surface area contributed by atoms with E-state index in [-0.39, 0.29) is 24.5 Å². The number of esters is 1. The van der Waals surface area contributed by atoms with E-state index in [1.165, 1.54) is 5.56 Å². The van der Waals surface area contributed by atoms with Crippen molar-refractivity contribution in [2.45, 2.75) is 71.1 Å². The number of ether oxygens (including phenoxy) is 3. The van der Waals surface area contributed by atoms with E-state index in [9.17, 15) is 9.90 Å². The molecule has 3 aromatic rings. The number of methoxy groups -OCH3 is 1. The van der Waals surface area contributed by atoms with Crippen LogP contribution in [0.25, 0.3) is 0 Å².